The van der Waals surface area contributed by atoms with Crippen molar-refractivity contribution in [3.8, 4) is 11.3 Å². The molecule has 2 rings (SSSR count). The number of aromatic nitrogens is 2. The van der Waals surface area contributed by atoms with Crippen molar-refractivity contribution in [2.24, 2.45) is 0 Å². The van der Waals surface area contributed by atoms with Crippen LogP contribution in [0.2, 0.25) is 0 Å². The maximum Gasteiger partial charge on any atom is 0.342 e. The number of esters is 1. The summed E-state index contributed by atoms with van der Waals surface area (Å²) in [6.07, 6.45) is 1.24. The highest BCUT2D eigenvalue weighted by molar-refractivity contribution is 5.99. The van der Waals surface area contributed by atoms with Crippen LogP contribution in [-0.4, -0.2) is 40.8 Å². The minimum atomic E-state index is -0.799. The van der Waals surface area contributed by atoms with Crippen LogP contribution in [0.4, 0.5) is 9.18 Å². The predicted molar refractivity (Wildman–Crippen MR) is 86.1 cm³/mol. The number of nitrogens with one attached hydrogen (secondary N) is 3. The molecule has 0 bridgehead atoms. The third-order valence-corrected chi connectivity index (χ3v) is 3.00. The van der Waals surface area contributed by atoms with Gasteiger partial charge in [-0.1, -0.05) is 0 Å². The average molecular weight is 348 g/mol. The van der Waals surface area contributed by atoms with Gasteiger partial charge in [-0.05, 0) is 38.1 Å². The number of amides is 3. The van der Waals surface area contributed by atoms with Crippen LogP contribution in [0.5, 0.6) is 0 Å². The highest BCUT2D eigenvalue weighted by Crippen LogP contribution is 2.21. The van der Waals surface area contributed by atoms with Crippen LogP contribution in [-0.2, 0) is 9.53 Å². The van der Waals surface area contributed by atoms with E-state index < -0.39 is 30.3 Å². The summed E-state index contributed by atoms with van der Waals surface area (Å²) in [6.45, 7) is 2.85. The lowest BCUT2D eigenvalue weighted by molar-refractivity contribution is -0.123. The van der Waals surface area contributed by atoms with Crippen LogP contribution in [0.3, 0.4) is 0 Å². The van der Waals surface area contributed by atoms with E-state index in [0.717, 1.165) is 0 Å². The molecule has 0 radical (unpaired) electrons. The Morgan fingerprint density at radius 1 is 1.24 bits per heavy atom. The zero-order chi connectivity index (χ0) is 18.4. The van der Waals surface area contributed by atoms with Gasteiger partial charge in [0.25, 0.3) is 5.91 Å². The zero-order valence-electron chi connectivity index (χ0n) is 13.6. The third kappa shape index (κ3) is 5.13. The molecular formula is C16H17FN4O4. The molecule has 0 atom stereocenters. The molecule has 0 fully saturated rings. The van der Waals surface area contributed by atoms with E-state index in [0.29, 0.717) is 11.3 Å². The Morgan fingerprint density at radius 2 is 1.92 bits per heavy atom. The topological polar surface area (TPSA) is 113 Å². The van der Waals surface area contributed by atoms with Gasteiger partial charge in [0.05, 0.1) is 11.9 Å². The van der Waals surface area contributed by atoms with Gasteiger partial charge in [-0.2, -0.15) is 5.10 Å². The Bertz CT molecular complexity index is 771. The van der Waals surface area contributed by atoms with Gasteiger partial charge in [0.1, 0.15) is 11.4 Å². The molecule has 0 unspecified atom stereocenters. The Balaban J connectivity index is 1.96. The minimum Gasteiger partial charge on any atom is -0.452 e. The molecule has 132 valence electrons. The number of benzene rings is 1. The lowest BCUT2D eigenvalue weighted by Crippen LogP contribution is -2.44. The summed E-state index contributed by atoms with van der Waals surface area (Å²) < 4.78 is 17.9. The lowest BCUT2D eigenvalue weighted by atomic mass is 10.1. The number of urea groups is 1. The molecule has 2 aromatic rings. The standard InChI is InChI=1S/C16H17FN4O4/c1-9(2)19-16(24)20-13(22)8-25-15(23)12-7-18-21-14(12)10-3-5-11(17)6-4-10/h3-7,9H,8H2,1-2H3,(H,18,21)(H2,19,20,22,24). The number of rotatable bonds is 5. The van der Waals surface area contributed by atoms with Gasteiger partial charge in [0.15, 0.2) is 6.61 Å². The van der Waals surface area contributed by atoms with Crippen molar-refractivity contribution in [1.29, 1.82) is 0 Å². The first-order valence-corrected chi connectivity index (χ1v) is 7.43. The van der Waals surface area contributed by atoms with Crippen molar-refractivity contribution in [3.05, 3.63) is 41.8 Å². The minimum absolute atomic E-state index is 0.0889. The summed E-state index contributed by atoms with van der Waals surface area (Å²) in [7, 11) is 0. The van der Waals surface area contributed by atoms with Crippen molar-refractivity contribution < 1.29 is 23.5 Å². The zero-order valence-corrected chi connectivity index (χ0v) is 13.6. The first kappa shape index (κ1) is 18.1. The molecule has 1 heterocycles. The summed E-state index contributed by atoms with van der Waals surface area (Å²) in [4.78, 5) is 35.1. The summed E-state index contributed by atoms with van der Waals surface area (Å²) in [5, 5.41) is 10.9. The number of nitrogens with zero attached hydrogens (tertiary/aromatic N) is 1. The molecule has 3 N–H and O–H groups in total. The third-order valence-electron chi connectivity index (χ3n) is 3.00. The van der Waals surface area contributed by atoms with Gasteiger partial charge >= 0.3 is 12.0 Å². The van der Waals surface area contributed by atoms with Crippen LogP contribution in [0.1, 0.15) is 24.2 Å². The second-order valence-electron chi connectivity index (χ2n) is 5.42. The number of H-pyrrole nitrogens is 1. The molecular weight excluding hydrogens is 331 g/mol. The quantitative estimate of drug-likeness (QED) is 0.711. The van der Waals surface area contributed by atoms with Gasteiger partial charge in [-0.3, -0.25) is 15.2 Å². The Hall–Kier alpha value is -3.23. The second-order valence-corrected chi connectivity index (χ2v) is 5.42. The fourth-order valence-electron chi connectivity index (χ4n) is 1.95. The Morgan fingerprint density at radius 3 is 2.56 bits per heavy atom. The average Bonchev–Trinajstić information content (AvgIpc) is 3.02. The molecule has 0 aliphatic carbocycles. The number of ether oxygens (including phenoxy) is 1. The van der Waals surface area contributed by atoms with E-state index >= 15 is 0 Å². The molecule has 9 heteroatoms. The Labute approximate surface area is 142 Å². The van der Waals surface area contributed by atoms with Crippen LogP contribution >= 0.6 is 0 Å². The van der Waals surface area contributed by atoms with Crippen LogP contribution in [0.25, 0.3) is 11.3 Å². The number of hydrogen-bond acceptors (Lipinski definition) is 5. The van der Waals surface area contributed by atoms with Crippen molar-refractivity contribution >= 4 is 17.9 Å². The molecule has 0 aliphatic rings. The molecule has 3 amide bonds. The Kier molecular flexibility index (Phi) is 5.83. The summed E-state index contributed by atoms with van der Waals surface area (Å²) >= 11 is 0. The first-order chi connectivity index (χ1) is 11.9. The van der Waals surface area contributed by atoms with Crippen molar-refractivity contribution in [2.45, 2.75) is 19.9 Å². The second kappa shape index (κ2) is 8.04. The number of aromatic amines is 1. The predicted octanol–water partition coefficient (Wildman–Crippen LogP) is 1.61. The van der Waals surface area contributed by atoms with Gasteiger partial charge < -0.3 is 10.1 Å². The molecule has 0 spiro atoms. The monoisotopic (exact) mass is 348 g/mol. The van der Waals surface area contributed by atoms with Gasteiger partial charge in [0.2, 0.25) is 0 Å². The van der Waals surface area contributed by atoms with E-state index in [9.17, 15) is 18.8 Å². The van der Waals surface area contributed by atoms with Crippen LogP contribution in [0.15, 0.2) is 30.5 Å². The number of halogens is 1. The number of carbonyl (C=O) groups excluding carboxylic acids is 3. The maximum absolute atomic E-state index is 13.0. The molecule has 0 aliphatic heterocycles. The van der Waals surface area contributed by atoms with Crippen molar-refractivity contribution in [2.75, 3.05) is 6.61 Å². The molecule has 0 saturated heterocycles. The van der Waals surface area contributed by atoms with Crippen molar-refractivity contribution in [1.82, 2.24) is 20.8 Å². The molecule has 8 nitrogen and oxygen atoms in total. The largest absolute Gasteiger partial charge is 0.452 e. The SMILES string of the molecule is CC(C)NC(=O)NC(=O)COC(=O)c1cn[nH]c1-c1ccc(F)cc1. The number of hydrogen-bond donors (Lipinski definition) is 3. The van der Waals surface area contributed by atoms with Crippen molar-refractivity contribution in [3.63, 3.8) is 0 Å². The molecule has 25 heavy (non-hydrogen) atoms. The van der Waals surface area contributed by atoms with E-state index in [1.807, 2.05) is 5.32 Å². The maximum atomic E-state index is 13.0. The summed E-state index contributed by atoms with van der Waals surface area (Å²) in [5.41, 5.74) is 0.959. The van der Waals surface area contributed by atoms with E-state index in [1.54, 1.807) is 13.8 Å². The van der Waals surface area contributed by atoms with Gasteiger partial charge in [-0.25, -0.2) is 14.0 Å². The highest BCUT2D eigenvalue weighted by atomic mass is 19.1. The van der Waals surface area contributed by atoms with E-state index in [4.69, 9.17) is 4.74 Å². The highest BCUT2D eigenvalue weighted by Gasteiger charge is 2.18. The van der Waals surface area contributed by atoms with Gasteiger partial charge in [-0.15, -0.1) is 0 Å². The first-order valence-electron chi connectivity index (χ1n) is 7.43. The van der Waals surface area contributed by atoms with Crippen LogP contribution < -0.4 is 10.6 Å². The van der Waals surface area contributed by atoms with Crippen LogP contribution in [0, 0.1) is 5.82 Å². The fraction of sp³-hybridized carbons (Fsp3) is 0.250. The lowest BCUT2D eigenvalue weighted by Gasteiger charge is -2.09. The summed E-state index contributed by atoms with van der Waals surface area (Å²) in [5.74, 6) is -1.98. The van der Waals surface area contributed by atoms with E-state index in [-0.39, 0.29) is 11.6 Å². The number of carbonyl (C=O) groups is 3. The van der Waals surface area contributed by atoms with E-state index in [2.05, 4.69) is 15.5 Å². The fourth-order valence-corrected chi connectivity index (χ4v) is 1.95. The van der Waals surface area contributed by atoms with Gasteiger partial charge in [0, 0.05) is 11.6 Å². The normalized spacial score (nSPS) is 10.4. The number of imide groups is 1. The van der Waals surface area contributed by atoms with E-state index in [1.165, 1.54) is 30.5 Å². The molecule has 1 aromatic carbocycles. The molecule has 0 saturated carbocycles. The smallest absolute Gasteiger partial charge is 0.342 e. The molecule has 1 aromatic heterocycles. The summed E-state index contributed by atoms with van der Waals surface area (Å²) in [6, 6.07) is 4.62.